The predicted octanol–water partition coefficient (Wildman–Crippen LogP) is 4.84. The molecule has 1 fully saturated rings. The summed E-state index contributed by atoms with van der Waals surface area (Å²) in [6.07, 6.45) is 1.76. The number of hydrogen-bond acceptors (Lipinski definition) is 5. The van der Waals surface area contributed by atoms with Crippen LogP contribution in [0.2, 0.25) is 0 Å². The number of nitrogens with one attached hydrogen (secondary N) is 1. The van der Waals surface area contributed by atoms with Crippen molar-refractivity contribution in [2.45, 2.75) is 53.5 Å². The second-order valence-corrected chi connectivity index (χ2v) is 9.55. The molecule has 3 heterocycles. The Morgan fingerprint density at radius 1 is 1.09 bits per heavy atom. The fourth-order valence-corrected chi connectivity index (χ4v) is 4.49. The van der Waals surface area contributed by atoms with Crippen LogP contribution in [0.3, 0.4) is 0 Å². The summed E-state index contributed by atoms with van der Waals surface area (Å²) in [5.74, 6) is 0.0856. The van der Waals surface area contributed by atoms with Gasteiger partial charge < -0.3 is 15.1 Å². The average molecular weight is 449 g/mol. The van der Waals surface area contributed by atoms with Crippen LogP contribution in [0.25, 0.3) is 11.0 Å². The summed E-state index contributed by atoms with van der Waals surface area (Å²) in [6.45, 7) is 18.0. The molecule has 1 aromatic carbocycles. The van der Waals surface area contributed by atoms with Crippen LogP contribution in [0, 0.1) is 6.92 Å². The zero-order valence-corrected chi connectivity index (χ0v) is 20.7. The van der Waals surface area contributed by atoms with Gasteiger partial charge in [0.1, 0.15) is 0 Å². The minimum atomic E-state index is -0.128. The van der Waals surface area contributed by atoms with Crippen LogP contribution >= 0.6 is 0 Å². The Hall–Kier alpha value is -2.93. The van der Waals surface area contributed by atoms with Gasteiger partial charge in [-0.05, 0) is 63.1 Å². The smallest absolute Gasteiger partial charge is 0.256 e. The second kappa shape index (κ2) is 9.51. The number of carbonyl (C=O) groups excluding carboxylic acids is 1. The molecular formula is C26H36N6O. The molecule has 0 aliphatic carbocycles. The number of fused-ring (bicyclic) bond motifs is 1. The molecule has 7 heteroatoms. The first-order valence-electron chi connectivity index (χ1n) is 12.1. The summed E-state index contributed by atoms with van der Waals surface area (Å²) in [7, 11) is 0. The van der Waals surface area contributed by atoms with Crippen molar-refractivity contribution in [2.24, 2.45) is 0 Å². The monoisotopic (exact) mass is 448 g/mol. The summed E-state index contributed by atoms with van der Waals surface area (Å²) < 4.78 is 1.88. The number of amides is 1. The van der Waals surface area contributed by atoms with E-state index in [0.717, 1.165) is 55.1 Å². The molecule has 33 heavy (non-hydrogen) atoms. The highest BCUT2D eigenvalue weighted by Gasteiger charge is 2.20. The SMILES string of the molecule is CCN1CCN(c2ccc(NC(=O)c3cc(C(C)C)nc4c3cnn4C(C)C)cc2C)CC1. The van der Waals surface area contributed by atoms with Gasteiger partial charge in [0.25, 0.3) is 5.91 Å². The number of rotatable bonds is 6. The van der Waals surface area contributed by atoms with Gasteiger partial charge in [0.2, 0.25) is 0 Å². The largest absolute Gasteiger partial charge is 0.369 e. The van der Waals surface area contributed by atoms with Crippen molar-refractivity contribution in [3.63, 3.8) is 0 Å². The number of pyridine rings is 1. The number of anilines is 2. The fraction of sp³-hybridized carbons (Fsp3) is 0.500. The van der Waals surface area contributed by atoms with Crippen molar-refractivity contribution in [3.05, 3.63) is 47.3 Å². The van der Waals surface area contributed by atoms with Gasteiger partial charge in [0.15, 0.2) is 5.65 Å². The van der Waals surface area contributed by atoms with Crippen LogP contribution in [0.15, 0.2) is 30.5 Å². The van der Waals surface area contributed by atoms with Gasteiger partial charge in [-0.15, -0.1) is 0 Å². The zero-order valence-electron chi connectivity index (χ0n) is 20.7. The molecular weight excluding hydrogens is 412 g/mol. The number of aryl methyl sites for hydroxylation is 1. The Morgan fingerprint density at radius 2 is 1.82 bits per heavy atom. The van der Waals surface area contributed by atoms with Crippen LogP contribution in [0.4, 0.5) is 11.4 Å². The summed E-state index contributed by atoms with van der Waals surface area (Å²) in [4.78, 5) is 23.1. The van der Waals surface area contributed by atoms with Gasteiger partial charge >= 0.3 is 0 Å². The van der Waals surface area contributed by atoms with E-state index >= 15 is 0 Å². The fourth-order valence-electron chi connectivity index (χ4n) is 4.49. The molecule has 0 radical (unpaired) electrons. The minimum Gasteiger partial charge on any atom is -0.369 e. The average Bonchev–Trinajstić information content (AvgIpc) is 3.23. The van der Waals surface area contributed by atoms with Crippen molar-refractivity contribution >= 4 is 28.3 Å². The molecule has 0 bridgehead atoms. The maximum atomic E-state index is 13.4. The van der Waals surface area contributed by atoms with E-state index in [-0.39, 0.29) is 17.9 Å². The second-order valence-electron chi connectivity index (χ2n) is 9.55. The zero-order chi connectivity index (χ0) is 23.7. The number of likely N-dealkylation sites (N-methyl/N-ethyl adjacent to an activating group) is 1. The Morgan fingerprint density at radius 3 is 2.42 bits per heavy atom. The third-order valence-electron chi connectivity index (χ3n) is 6.53. The van der Waals surface area contributed by atoms with Crippen LogP contribution < -0.4 is 10.2 Å². The summed E-state index contributed by atoms with van der Waals surface area (Å²) in [6, 6.07) is 8.28. The van der Waals surface area contributed by atoms with Gasteiger partial charge in [-0.25, -0.2) is 9.67 Å². The van der Waals surface area contributed by atoms with Gasteiger partial charge in [-0.3, -0.25) is 4.79 Å². The van der Waals surface area contributed by atoms with E-state index < -0.39 is 0 Å². The van der Waals surface area contributed by atoms with Gasteiger partial charge in [0, 0.05) is 49.3 Å². The normalized spacial score (nSPS) is 15.1. The lowest BCUT2D eigenvalue weighted by Gasteiger charge is -2.36. The molecule has 1 N–H and O–H groups in total. The molecule has 7 nitrogen and oxygen atoms in total. The van der Waals surface area contributed by atoms with E-state index in [1.54, 1.807) is 6.20 Å². The van der Waals surface area contributed by atoms with Crippen LogP contribution in [-0.2, 0) is 0 Å². The quantitative estimate of drug-likeness (QED) is 0.585. The lowest BCUT2D eigenvalue weighted by Crippen LogP contribution is -2.46. The molecule has 1 saturated heterocycles. The topological polar surface area (TPSA) is 66.3 Å². The molecule has 0 unspecified atom stereocenters. The Bertz CT molecular complexity index is 1140. The number of aromatic nitrogens is 3. The van der Waals surface area contributed by atoms with Crippen molar-refractivity contribution in [1.82, 2.24) is 19.7 Å². The third kappa shape index (κ3) is 4.74. The van der Waals surface area contributed by atoms with Crippen molar-refractivity contribution < 1.29 is 4.79 Å². The number of hydrogen-bond donors (Lipinski definition) is 1. The summed E-state index contributed by atoms with van der Waals surface area (Å²) in [5.41, 5.74) is 5.50. The van der Waals surface area contributed by atoms with E-state index in [2.05, 4.69) is 73.9 Å². The molecule has 0 spiro atoms. The molecule has 2 aromatic heterocycles. The third-order valence-corrected chi connectivity index (χ3v) is 6.53. The molecule has 1 aliphatic heterocycles. The van der Waals surface area contributed by atoms with Crippen molar-refractivity contribution in [2.75, 3.05) is 42.9 Å². The van der Waals surface area contributed by atoms with E-state index in [9.17, 15) is 4.79 Å². The standard InChI is InChI=1S/C26H36N6O/c1-7-30-10-12-31(13-11-30)24-9-8-20(14-19(24)6)28-26(33)21-15-23(17(2)3)29-25-22(21)16-27-32(25)18(4)5/h8-9,14-18H,7,10-13H2,1-6H3,(H,28,33). The number of nitrogens with zero attached hydrogens (tertiary/aromatic N) is 5. The van der Waals surface area contributed by atoms with Gasteiger partial charge in [0.05, 0.1) is 17.1 Å². The van der Waals surface area contributed by atoms with E-state index in [1.807, 2.05) is 16.8 Å². The Labute approximate surface area is 196 Å². The molecule has 3 aromatic rings. The predicted molar refractivity (Wildman–Crippen MR) is 135 cm³/mol. The maximum Gasteiger partial charge on any atom is 0.256 e. The lowest BCUT2D eigenvalue weighted by molar-refractivity contribution is 0.102. The molecule has 176 valence electrons. The highest BCUT2D eigenvalue weighted by Crippen LogP contribution is 2.27. The van der Waals surface area contributed by atoms with Crippen LogP contribution in [0.5, 0.6) is 0 Å². The maximum absolute atomic E-state index is 13.4. The lowest BCUT2D eigenvalue weighted by atomic mass is 10.0. The van der Waals surface area contributed by atoms with Crippen LogP contribution in [-0.4, -0.2) is 58.3 Å². The van der Waals surface area contributed by atoms with Crippen molar-refractivity contribution in [1.29, 1.82) is 0 Å². The van der Waals surface area contributed by atoms with E-state index in [4.69, 9.17) is 4.98 Å². The number of piperazine rings is 1. The molecule has 1 aliphatic rings. The minimum absolute atomic E-state index is 0.128. The van der Waals surface area contributed by atoms with Gasteiger partial charge in [-0.2, -0.15) is 5.10 Å². The van der Waals surface area contributed by atoms with E-state index in [0.29, 0.717) is 5.56 Å². The molecule has 1 amide bonds. The molecule has 0 saturated carbocycles. The Balaban J connectivity index is 1.59. The first-order chi connectivity index (χ1) is 15.8. The highest BCUT2D eigenvalue weighted by atomic mass is 16.1. The summed E-state index contributed by atoms with van der Waals surface area (Å²) >= 11 is 0. The first kappa shape index (κ1) is 23.2. The summed E-state index contributed by atoms with van der Waals surface area (Å²) in [5, 5.41) is 8.40. The Kier molecular flexibility index (Phi) is 6.70. The highest BCUT2D eigenvalue weighted by molar-refractivity contribution is 6.12. The number of benzene rings is 1. The number of carbonyl (C=O) groups is 1. The van der Waals surface area contributed by atoms with Crippen LogP contribution in [0.1, 0.15) is 68.2 Å². The molecule has 0 atom stereocenters. The van der Waals surface area contributed by atoms with Gasteiger partial charge in [-0.1, -0.05) is 20.8 Å². The van der Waals surface area contributed by atoms with Crippen molar-refractivity contribution in [3.8, 4) is 0 Å². The van der Waals surface area contributed by atoms with E-state index in [1.165, 1.54) is 11.3 Å². The first-order valence-corrected chi connectivity index (χ1v) is 12.1. The molecule has 4 rings (SSSR count).